The van der Waals surface area contributed by atoms with E-state index in [9.17, 15) is 13.2 Å². The number of aliphatic carboxylic acids is 1. The molecule has 6 heteroatoms. The lowest BCUT2D eigenvalue weighted by atomic mass is 10.1. The first-order chi connectivity index (χ1) is 5.83. The van der Waals surface area contributed by atoms with E-state index in [1.54, 1.807) is 0 Å². The van der Waals surface area contributed by atoms with Crippen molar-refractivity contribution in [1.29, 1.82) is 0 Å². The third kappa shape index (κ3) is 7.73. The monoisotopic (exact) mass is 209 g/mol. The van der Waals surface area contributed by atoms with Gasteiger partial charge in [0.1, 0.15) is 15.9 Å². The number of hydrogen-bond donors (Lipinski definition) is 2. The van der Waals surface area contributed by atoms with Crippen molar-refractivity contribution in [3.63, 3.8) is 0 Å². The highest BCUT2D eigenvalue weighted by Crippen LogP contribution is 2.01. The second-order valence-electron chi connectivity index (χ2n) is 3.07. The quantitative estimate of drug-likeness (QED) is 0.581. The van der Waals surface area contributed by atoms with Gasteiger partial charge >= 0.3 is 5.97 Å². The summed E-state index contributed by atoms with van der Waals surface area (Å²) in [5.41, 5.74) is 5.22. The van der Waals surface area contributed by atoms with E-state index in [-0.39, 0.29) is 5.75 Å². The van der Waals surface area contributed by atoms with E-state index in [4.69, 9.17) is 10.8 Å². The smallest absolute Gasteiger partial charge is 0.320 e. The molecule has 1 atom stereocenters. The van der Waals surface area contributed by atoms with Crippen molar-refractivity contribution in [2.75, 3.05) is 12.0 Å². The summed E-state index contributed by atoms with van der Waals surface area (Å²) in [7, 11) is -2.93. The summed E-state index contributed by atoms with van der Waals surface area (Å²) < 4.78 is 21.3. The summed E-state index contributed by atoms with van der Waals surface area (Å²) in [5.74, 6) is -0.946. The Balaban J connectivity index is 3.53. The Labute approximate surface area is 77.8 Å². The lowest BCUT2D eigenvalue weighted by molar-refractivity contribution is -0.138. The SMILES string of the molecule is CS(=O)(=O)CCCC[C@H](N)C(=O)O. The van der Waals surface area contributed by atoms with Gasteiger partial charge in [-0.1, -0.05) is 6.42 Å². The van der Waals surface area contributed by atoms with Crippen molar-refractivity contribution in [3.05, 3.63) is 0 Å². The molecule has 0 fully saturated rings. The molecule has 0 radical (unpaired) electrons. The third-order valence-corrected chi connectivity index (χ3v) is 2.63. The standard InChI is InChI=1S/C7H15NO4S/c1-13(11,12)5-3-2-4-6(8)7(9)10/h6H,2-5,8H2,1H3,(H,9,10)/t6-/m0/s1. The first-order valence-corrected chi connectivity index (χ1v) is 6.05. The molecule has 0 spiro atoms. The van der Waals surface area contributed by atoms with Gasteiger partial charge in [0.05, 0.1) is 0 Å². The molecule has 0 aromatic rings. The molecule has 0 bridgehead atoms. The minimum absolute atomic E-state index is 0.0966. The lowest BCUT2D eigenvalue weighted by Crippen LogP contribution is -2.29. The number of nitrogens with two attached hydrogens (primary N) is 1. The van der Waals surface area contributed by atoms with Gasteiger partial charge in [-0.25, -0.2) is 8.42 Å². The molecule has 13 heavy (non-hydrogen) atoms. The minimum Gasteiger partial charge on any atom is -0.480 e. The third-order valence-electron chi connectivity index (χ3n) is 1.60. The van der Waals surface area contributed by atoms with Crippen LogP contribution in [-0.2, 0) is 14.6 Å². The van der Waals surface area contributed by atoms with Crippen LogP contribution in [0.15, 0.2) is 0 Å². The van der Waals surface area contributed by atoms with Crippen molar-refractivity contribution < 1.29 is 18.3 Å². The molecule has 0 rings (SSSR count). The van der Waals surface area contributed by atoms with E-state index >= 15 is 0 Å². The Morgan fingerprint density at radius 3 is 2.38 bits per heavy atom. The van der Waals surface area contributed by atoms with Crippen LogP contribution in [0.3, 0.4) is 0 Å². The summed E-state index contributed by atoms with van der Waals surface area (Å²) in [5, 5.41) is 8.40. The van der Waals surface area contributed by atoms with Crippen LogP contribution in [0, 0.1) is 0 Å². The van der Waals surface area contributed by atoms with Crippen molar-refractivity contribution in [2.45, 2.75) is 25.3 Å². The predicted octanol–water partition coefficient (Wildman–Crippen LogP) is -0.387. The van der Waals surface area contributed by atoms with Crippen molar-refractivity contribution in [3.8, 4) is 0 Å². The van der Waals surface area contributed by atoms with Gasteiger partial charge in [0.2, 0.25) is 0 Å². The number of carboxylic acids is 1. The zero-order valence-electron chi connectivity index (χ0n) is 7.56. The highest BCUT2D eigenvalue weighted by molar-refractivity contribution is 7.90. The first kappa shape index (κ1) is 12.4. The summed E-state index contributed by atoms with van der Waals surface area (Å²) >= 11 is 0. The van der Waals surface area contributed by atoms with E-state index in [1.807, 2.05) is 0 Å². The molecule has 0 aliphatic heterocycles. The van der Waals surface area contributed by atoms with Crippen LogP contribution in [0.4, 0.5) is 0 Å². The number of rotatable bonds is 6. The molecule has 3 N–H and O–H groups in total. The Bertz CT molecular complexity index is 260. The van der Waals surface area contributed by atoms with Crippen LogP contribution in [0.25, 0.3) is 0 Å². The molecule has 0 unspecified atom stereocenters. The predicted molar refractivity (Wildman–Crippen MR) is 49.2 cm³/mol. The first-order valence-electron chi connectivity index (χ1n) is 3.99. The highest BCUT2D eigenvalue weighted by Gasteiger charge is 2.10. The molecule has 0 heterocycles. The Kier molecular flexibility index (Phi) is 4.94. The second-order valence-corrected chi connectivity index (χ2v) is 5.33. The number of carboxylic acid groups (broad SMARTS) is 1. The number of hydrogen-bond acceptors (Lipinski definition) is 4. The van der Waals surface area contributed by atoms with Crippen LogP contribution in [-0.4, -0.2) is 37.5 Å². The summed E-state index contributed by atoms with van der Waals surface area (Å²) in [6, 6.07) is -0.875. The maximum Gasteiger partial charge on any atom is 0.320 e. The molecule has 0 aliphatic carbocycles. The molecule has 0 saturated heterocycles. The summed E-state index contributed by atoms with van der Waals surface area (Å²) in [6.07, 6.45) is 2.48. The van der Waals surface area contributed by atoms with Crippen LogP contribution in [0.5, 0.6) is 0 Å². The van der Waals surface area contributed by atoms with E-state index < -0.39 is 21.8 Å². The number of unbranched alkanes of at least 4 members (excludes halogenated alkanes) is 1. The average molecular weight is 209 g/mol. The van der Waals surface area contributed by atoms with Crippen LogP contribution >= 0.6 is 0 Å². The summed E-state index contributed by atoms with van der Waals surface area (Å²) in [4.78, 5) is 10.2. The topological polar surface area (TPSA) is 97.5 Å². The molecule has 0 amide bonds. The molecule has 0 aliphatic rings. The van der Waals surface area contributed by atoms with Crippen LogP contribution in [0.1, 0.15) is 19.3 Å². The Hall–Kier alpha value is -0.620. The van der Waals surface area contributed by atoms with Crippen LogP contribution < -0.4 is 5.73 Å². The zero-order chi connectivity index (χ0) is 10.5. The van der Waals surface area contributed by atoms with Gasteiger partial charge in [-0.2, -0.15) is 0 Å². The fourth-order valence-electron chi connectivity index (χ4n) is 0.852. The van der Waals surface area contributed by atoms with Gasteiger partial charge in [0.25, 0.3) is 0 Å². The van der Waals surface area contributed by atoms with Crippen molar-refractivity contribution in [1.82, 2.24) is 0 Å². The molecule has 0 saturated carbocycles. The van der Waals surface area contributed by atoms with Gasteiger partial charge in [0, 0.05) is 12.0 Å². The average Bonchev–Trinajstić information content (AvgIpc) is 1.95. The lowest BCUT2D eigenvalue weighted by Gasteiger charge is -2.04. The van der Waals surface area contributed by atoms with Gasteiger partial charge in [-0.3, -0.25) is 4.79 Å². The molecule has 5 nitrogen and oxygen atoms in total. The Morgan fingerprint density at radius 2 is 2.00 bits per heavy atom. The number of sulfone groups is 1. The maximum absolute atomic E-state index is 10.7. The fourth-order valence-corrected chi connectivity index (χ4v) is 1.58. The van der Waals surface area contributed by atoms with E-state index in [2.05, 4.69) is 0 Å². The van der Waals surface area contributed by atoms with E-state index in [1.165, 1.54) is 0 Å². The number of carbonyl (C=O) groups is 1. The van der Waals surface area contributed by atoms with Crippen molar-refractivity contribution >= 4 is 15.8 Å². The molecular weight excluding hydrogens is 194 g/mol. The normalized spacial score (nSPS) is 14.0. The zero-order valence-corrected chi connectivity index (χ0v) is 8.38. The van der Waals surface area contributed by atoms with Gasteiger partial charge in [-0.15, -0.1) is 0 Å². The molecule has 78 valence electrons. The Morgan fingerprint density at radius 1 is 1.46 bits per heavy atom. The van der Waals surface area contributed by atoms with Gasteiger partial charge in [0.15, 0.2) is 0 Å². The fraction of sp³-hybridized carbons (Fsp3) is 0.857. The molecule has 0 aromatic carbocycles. The second kappa shape index (κ2) is 5.18. The van der Waals surface area contributed by atoms with E-state index in [0.717, 1.165) is 6.26 Å². The largest absolute Gasteiger partial charge is 0.480 e. The minimum atomic E-state index is -2.93. The van der Waals surface area contributed by atoms with E-state index in [0.29, 0.717) is 19.3 Å². The molecular formula is C7H15NO4S. The molecule has 0 aromatic heterocycles. The maximum atomic E-state index is 10.7. The van der Waals surface area contributed by atoms with Gasteiger partial charge in [-0.05, 0) is 12.8 Å². The highest BCUT2D eigenvalue weighted by atomic mass is 32.2. The summed E-state index contributed by atoms with van der Waals surface area (Å²) in [6.45, 7) is 0. The van der Waals surface area contributed by atoms with Gasteiger partial charge < -0.3 is 10.8 Å². The van der Waals surface area contributed by atoms with Crippen molar-refractivity contribution in [2.24, 2.45) is 5.73 Å². The van der Waals surface area contributed by atoms with Crippen LogP contribution in [0.2, 0.25) is 0 Å².